The van der Waals surface area contributed by atoms with Crippen LogP contribution in [0.2, 0.25) is 0 Å². The van der Waals surface area contributed by atoms with E-state index < -0.39 is 25.5 Å². The number of carboxylic acids is 3. The number of carboxylic acid groups (broad SMARTS) is 3. The summed E-state index contributed by atoms with van der Waals surface area (Å²) in [4.78, 5) is 61.5. The number of carbonyl (C=O) groups is 3. The van der Waals surface area contributed by atoms with Crippen molar-refractivity contribution < 1.29 is 53.5 Å². The summed E-state index contributed by atoms with van der Waals surface area (Å²) in [6, 6.07) is 13.7. The number of benzene rings is 2. The fraction of sp³-hybridized carbons (Fsp3) is 0.500. The SMILES string of the molecule is O=C(O)CN1CCN(CCCOc2ccc(OCc3ccccc3)cc2P(=O)(O)O)CCN(CC(=O)O)CCN(CC(=O)O)CC1. The minimum atomic E-state index is -4.69. The van der Waals surface area contributed by atoms with Crippen molar-refractivity contribution in [2.24, 2.45) is 0 Å². The molecule has 0 radical (unpaired) electrons. The third-order valence-corrected chi connectivity index (χ3v) is 8.35. The van der Waals surface area contributed by atoms with Crippen molar-refractivity contribution in [1.29, 1.82) is 0 Å². The van der Waals surface area contributed by atoms with Gasteiger partial charge >= 0.3 is 25.5 Å². The van der Waals surface area contributed by atoms with E-state index in [1.807, 2.05) is 30.3 Å². The van der Waals surface area contributed by atoms with Crippen LogP contribution in [-0.4, -0.2) is 148 Å². The van der Waals surface area contributed by atoms with Gasteiger partial charge in [0.15, 0.2) is 0 Å². The molecule has 0 aromatic heterocycles. The summed E-state index contributed by atoms with van der Waals surface area (Å²) < 4.78 is 23.8. The average molecular weight is 667 g/mol. The van der Waals surface area contributed by atoms with Crippen LogP contribution < -0.4 is 14.8 Å². The van der Waals surface area contributed by atoms with Crippen LogP contribution in [-0.2, 0) is 25.6 Å². The van der Waals surface area contributed by atoms with Gasteiger partial charge in [-0.15, -0.1) is 0 Å². The van der Waals surface area contributed by atoms with Gasteiger partial charge in [0, 0.05) is 58.9 Å². The van der Waals surface area contributed by atoms with Crippen LogP contribution in [0.4, 0.5) is 0 Å². The normalized spacial score (nSPS) is 16.7. The summed E-state index contributed by atoms with van der Waals surface area (Å²) in [7, 11) is -4.69. The molecule has 0 amide bonds. The third-order valence-electron chi connectivity index (χ3n) is 7.38. The van der Waals surface area contributed by atoms with Crippen LogP contribution in [0.25, 0.3) is 0 Å². The Morgan fingerprint density at radius 1 is 0.674 bits per heavy atom. The number of aliphatic carboxylic acids is 3. The van der Waals surface area contributed by atoms with E-state index in [0.717, 1.165) is 5.56 Å². The summed E-state index contributed by atoms with van der Waals surface area (Å²) in [5.41, 5.74) is 0.902. The van der Waals surface area contributed by atoms with E-state index in [1.54, 1.807) is 20.8 Å². The van der Waals surface area contributed by atoms with E-state index in [4.69, 9.17) is 9.47 Å². The van der Waals surface area contributed by atoms with Gasteiger partial charge in [-0.3, -0.25) is 33.6 Å². The first kappa shape index (κ1) is 36.9. The van der Waals surface area contributed by atoms with Crippen molar-refractivity contribution in [3.05, 3.63) is 54.1 Å². The summed E-state index contributed by atoms with van der Waals surface area (Å²) in [5, 5.41) is 27.8. The number of ether oxygens (including phenoxy) is 2. The number of hydrogen-bond donors (Lipinski definition) is 5. The Morgan fingerprint density at radius 3 is 1.61 bits per heavy atom. The van der Waals surface area contributed by atoms with Crippen molar-refractivity contribution in [1.82, 2.24) is 19.6 Å². The second-order valence-corrected chi connectivity index (χ2v) is 12.6. The van der Waals surface area contributed by atoms with Crippen molar-refractivity contribution in [2.75, 3.05) is 85.1 Å². The molecule has 0 bridgehead atoms. The molecule has 1 saturated heterocycles. The maximum atomic E-state index is 12.3. The van der Waals surface area contributed by atoms with Gasteiger partial charge in [-0.1, -0.05) is 30.3 Å². The van der Waals surface area contributed by atoms with Gasteiger partial charge in [0.1, 0.15) is 23.4 Å². The van der Waals surface area contributed by atoms with Crippen LogP contribution in [0.15, 0.2) is 48.5 Å². The topological polar surface area (TPSA) is 201 Å². The van der Waals surface area contributed by atoms with Gasteiger partial charge in [0.2, 0.25) is 0 Å². The van der Waals surface area contributed by atoms with Crippen LogP contribution in [0, 0.1) is 0 Å². The molecule has 16 heteroatoms. The van der Waals surface area contributed by atoms with Gasteiger partial charge in [-0.25, -0.2) is 0 Å². The predicted octanol–water partition coefficient (Wildman–Crippen LogP) is 0.313. The van der Waals surface area contributed by atoms with Crippen LogP contribution in [0.1, 0.15) is 12.0 Å². The molecule has 0 spiro atoms. The highest BCUT2D eigenvalue weighted by Crippen LogP contribution is 2.39. The zero-order valence-corrected chi connectivity index (χ0v) is 26.5. The molecule has 15 nitrogen and oxygen atoms in total. The highest BCUT2D eigenvalue weighted by molar-refractivity contribution is 7.60. The third kappa shape index (κ3) is 13.8. The molecule has 0 unspecified atom stereocenters. The lowest BCUT2D eigenvalue weighted by Crippen LogP contribution is -2.48. The Morgan fingerprint density at radius 2 is 1.15 bits per heavy atom. The first-order valence-corrected chi connectivity index (χ1v) is 16.5. The fourth-order valence-corrected chi connectivity index (χ4v) is 5.72. The Labute approximate surface area is 267 Å². The molecule has 0 saturated carbocycles. The van der Waals surface area contributed by atoms with Gasteiger partial charge in [-0.05, 0) is 30.2 Å². The molecule has 2 aromatic carbocycles. The lowest BCUT2D eigenvalue weighted by atomic mass is 10.2. The van der Waals surface area contributed by atoms with E-state index in [2.05, 4.69) is 4.90 Å². The molecule has 1 fully saturated rings. The molecule has 3 rings (SSSR count). The highest BCUT2D eigenvalue weighted by atomic mass is 31.2. The lowest BCUT2D eigenvalue weighted by Gasteiger charge is -2.33. The van der Waals surface area contributed by atoms with Crippen molar-refractivity contribution in [2.45, 2.75) is 13.0 Å². The first-order chi connectivity index (χ1) is 21.9. The van der Waals surface area contributed by atoms with Gasteiger partial charge in [0.05, 0.1) is 26.2 Å². The molecule has 1 aliphatic heterocycles. The van der Waals surface area contributed by atoms with Crippen molar-refractivity contribution >= 4 is 30.8 Å². The first-order valence-electron chi connectivity index (χ1n) is 14.9. The Kier molecular flexibility index (Phi) is 14.9. The summed E-state index contributed by atoms with van der Waals surface area (Å²) >= 11 is 0. The van der Waals surface area contributed by atoms with E-state index in [0.29, 0.717) is 65.3 Å². The van der Waals surface area contributed by atoms with Gasteiger partial charge < -0.3 is 39.5 Å². The molecule has 0 aliphatic carbocycles. The number of rotatable bonds is 15. The summed E-state index contributed by atoms with van der Waals surface area (Å²) in [6.45, 7) is 3.19. The van der Waals surface area contributed by atoms with Crippen molar-refractivity contribution in [3.8, 4) is 11.5 Å². The Bertz CT molecular complexity index is 1300. The van der Waals surface area contributed by atoms with Crippen LogP contribution in [0.3, 0.4) is 0 Å². The lowest BCUT2D eigenvalue weighted by molar-refractivity contribution is -0.140. The molecular weight excluding hydrogens is 623 g/mol. The minimum Gasteiger partial charge on any atom is -0.493 e. The van der Waals surface area contributed by atoms with Crippen LogP contribution >= 0.6 is 7.60 Å². The van der Waals surface area contributed by atoms with E-state index in [9.17, 15) is 44.1 Å². The van der Waals surface area contributed by atoms with Crippen molar-refractivity contribution in [3.63, 3.8) is 0 Å². The Hall–Kier alpha value is -3.56. The highest BCUT2D eigenvalue weighted by Gasteiger charge is 2.24. The maximum Gasteiger partial charge on any atom is 0.360 e. The molecule has 46 heavy (non-hydrogen) atoms. The molecule has 1 aliphatic rings. The molecular formula is C30H43N4O11P. The second-order valence-electron chi connectivity index (χ2n) is 11.0. The van der Waals surface area contributed by atoms with E-state index in [-0.39, 0.29) is 49.7 Å². The molecule has 2 aromatic rings. The fourth-order valence-electron chi connectivity index (χ4n) is 5.00. The molecule has 1 heterocycles. The Balaban J connectivity index is 1.63. The summed E-state index contributed by atoms with van der Waals surface area (Å²) in [6.07, 6.45) is 0.469. The van der Waals surface area contributed by atoms with E-state index in [1.165, 1.54) is 12.1 Å². The predicted molar refractivity (Wildman–Crippen MR) is 168 cm³/mol. The van der Waals surface area contributed by atoms with E-state index >= 15 is 0 Å². The minimum absolute atomic E-state index is 0.0419. The molecule has 254 valence electrons. The standard InChI is InChI=1S/C30H43N4O11P/c35-28(36)20-32-12-10-31(11-13-33(21-29(37)38)15-17-34(16-14-32)22-30(39)40)9-4-18-44-26-8-7-25(19-27(26)46(41,42)43)45-23-24-5-2-1-3-6-24/h1-3,5-8,19H,4,9-18,20-23H2,(H,35,36)(H,37,38)(H,39,40)(H2,41,42,43). The quantitative estimate of drug-likeness (QED) is 0.128. The smallest absolute Gasteiger partial charge is 0.360 e. The van der Waals surface area contributed by atoms with Gasteiger partial charge in [0.25, 0.3) is 0 Å². The maximum absolute atomic E-state index is 12.3. The summed E-state index contributed by atoms with van der Waals surface area (Å²) in [5.74, 6) is -2.68. The largest absolute Gasteiger partial charge is 0.493 e. The zero-order valence-electron chi connectivity index (χ0n) is 25.6. The molecule has 0 atom stereocenters. The second kappa shape index (κ2) is 18.6. The zero-order chi connectivity index (χ0) is 33.5. The number of hydrogen-bond acceptors (Lipinski definition) is 10. The average Bonchev–Trinajstić information content (AvgIpc) is 2.98. The number of nitrogens with zero attached hydrogens (tertiary/aromatic N) is 4. The van der Waals surface area contributed by atoms with Gasteiger partial charge in [-0.2, -0.15) is 0 Å². The van der Waals surface area contributed by atoms with Crippen LogP contribution in [0.5, 0.6) is 11.5 Å². The monoisotopic (exact) mass is 666 g/mol. The molecule has 5 N–H and O–H groups in total.